The van der Waals surface area contributed by atoms with Crippen LogP contribution in [0.3, 0.4) is 0 Å². The van der Waals surface area contributed by atoms with E-state index in [0.717, 1.165) is 12.2 Å². The van der Waals surface area contributed by atoms with E-state index in [1.165, 1.54) is 0 Å². The number of hydrogen-bond acceptors (Lipinski definition) is 2. The van der Waals surface area contributed by atoms with Crippen molar-refractivity contribution in [1.82, 2.24) is 0 Å². The van der Waals surface area contributed by atoms with E-state index in [1.807, 2.05) is 13.8 Å². The normalized spacial score (nSPS) is 10.8. The lowest BCUT2D eigenvalue weighted by molar-refractivity contribution is -0.131. The van der Waals surface area contributed by atoms with Crippen LogP contribution in [0.2, 0.25) is 0 Å². The molecule has 0 atom stereocenters. The highest BCUT2D eigenvalue weighted by Gasteiger charge is 2.00. The van der Waals surface area contributed by atoms with Gasteiger partial charge in [0.1, 0.15) is 0 Å². The topological polar surface area (TPSA) is 54.4 Å². The second-order valence-corrected chi connectivity index (χ2v) is 2.74. The van der Waals surface area contributed by atoms with Gasteiger partial charge in [0, 0.05) is 12.5 Å². The summed E-state index contributed by atoms with van der Waals surface area (Å²) in [4.78, 5) is 20.8. The number of allylic oxidation sites excluding steroid dienone is 1. The largest absolute Gasteiger partial charge is 0.478 e. The van der Waals surface area contributed by atoms with E-state index in [4.69, 9.17) is 5.11 Å². The van der Waals surface area contributed by atoms with E-state index in [1.54, 1.807) is 0 Å². The molecule has 62 valence electrons. The Bertz CT molecular complexity index is 180. The third-order valence-electron chi connectivity index (χ3n) is 1.02. The predicted molar refractivity (Wildman–Crippen MR) is 41.2 cm³/mol. The number of carboxylic acid groups (broad SMARTS) is 1. The summed E-state index contributed by atoms with van der Waals surface area (Å²) in [6.45, 7) is 3.82. The molecule has 0 radical (unpaired) electrons. The smallest absolute Gasteiger partial charge is 0.328 e. The fourth-order valence-corrected chi connectivity index (χ4v) is 0.635. The fraction of sp³-hybridized carbons (Fsp3) is 0.500. The highest BCUT2D eigenvalue weighted by Crippen LogP contribution is 2.00. The summed E-state index contributed by atoms with van der Waals surface area (Å²) >= 11 is 0. The van der Waals surface area contributed by atoms with E-state index < -0.39 is 5.97 Å². The van der Waals surface area contributed by atoms with Gasteiger partial charge in [-0.1, -0.05) is 13.8 Å². The Hall–Kier alpha value is -1.12. The van der Waals surface area contributed by atoms with E-state index in [0.29, 0.717) is 6.42 Å². The Labute approximate surface area is 65.7 Å². The van der Waals surface area contributed by atoms with Crippen molar-refractivity contribution in [1.29, 1.82) is 0 Å². The summed E-state index contributed by atoms with van der Waals surface area (Å²) in [5.74, 6) is -0.939. The van der Waals surface area contributed by atoms with Gasteiger partial charge in [-0.25, -0.2) is 4.79 Å². The molecule has 0 aliphatic rings. The van der Waals surface area contributed by atoms with Crippen molar-refractivity contribution in [2.75, 3.05) is 0 Å². The van der Waals surface area contributed by atoms with Gasteiger partial charge in [0.2, 0.25) is 0 Å². The molecule has 0 spiro atoms. The summed E-state index contributed by atoms with van der Waals surface area (Å²) in [5.41, 5.74) is 0. The Morgan fingerprint density at radius 2 is 1.91 bits per heavy atom. The summed E-state index contributed by atoms with van der Waals surface area (Å²) in [5, 5.41) is 8.16. The monoisotopic (exact) mass is 156 g/mol. The van der Waals surface area contributed by atoms with Crippen LogP contribution < -0.4 is 0 Å². The molecule has 3 nitrogen and oxygen atoms in total. The van der Waals surface area contributed by atoms with Crippen molar-refractivity contribution < 1.29 is 14.7 Å². The Morgan fingerprint density at radius 1 is 1.36 bits per heavy atom. The van der Waals surface area contributed by atoms with Crippen LogP contribution in [0, 0.1) is 5.92 Å². The number of ketones is 1. The third kappa shape index (κ3) is 6.77. The van der Waals surface area contributed by atoms with Gasteiger partial charge in [-0.15, -0.1) is 0 Å². The van der Waals surface area contributed by atoms with Crippen LogP contribution in [0.5, 0.6) is 0 Å². The first-order chi connectivity index (χ1) is 5.02. The SMILES string of the molecule is CC(C)CC(=O)/C=C\C(=O)O. The summed E-state index contributed by atoms with van der Waals surface area (Å²) in [7, 11) is 0. The first kappa shape index (κ1) is 9.88. The molecule has 0 saturated heterocycles. The molecule has 0 amide bonds. The quantitative estimate of drug-likeness (QED) is 0.623. The minimum atomic E-state index is -1.08. The lowest BCUT2D eigenvalue weighted by Gasteiger charge is -1.97. The molecule has 0 rings (SSSR count). The van der Waals surface area contributed by atoms with Gasteiger partial charge in [0.05, 0.1) is 0 Å². The molecule has 0 fully saturated rings. The van der Waals surface area contributed by atoms with Gasteiger partial charge in [-0.3, -0.25) is 4.79 Å². The molecule has 11 heavy (non-hydrogen) atoms. The Kier molecular flexibility index (Phi) is 4.18. The maximum Gasteiger partial charge on any atom is 0.328 e. The number of hydrogen-bond donors (Lipinski definition) is 1. The molecule has 0 aromatic carbocycles. The number of carboxylic acids is 1. The molecule has 0 bridgehead atoms. The van der Waals surface area contributed by atoms with Crippen LogP contribution in [-0.4, -0.2) is 16.9 Å². The maximum atomic E-state index is 10.8. The Balaban J connectivity index is 3.78. The van der Waals surface area contributed by atoms with Crippen LogP contribution >= 0.6 is 0 Å². The minimum absolute atomic E-state index is 0.137. The van der Waals surface area contributed by atoms with Crippen molar-refractivity contribution >= 4 is 11.8 Å². The van der Waals surface area contributed by atoms with Crippen molar-refractivity contribution in [3.05, 3.63) is 12.2 Å². The summed E-state index contributed by atoms with van der Waals surface area (Å²) < 4.78 is 0. The molecule has 0 aliphatic carbocycles. The molecular formula is C8H12O3. The second-order valence-electron chi connectivity index (χ2n) is 2.74. The number of carbonyl (C=O) groups excluding carboxylic acids is 1. The molecule has 0 aromatic rings. The molecule has 1 N–H and O–H groups in total. The van der Waals surface area contributed by atoms with Crippen LogP contribution in [-0.2, 0) is 9.59 Å². The first-order valence-electron chi connectivity index (χ1n) is 3.46. The Morgan fingerprint density at radius 3 is 2.27 bits per heavy atom. The fourth-order valence-electron chi connectivity index (χ4n) is 0.635. The van der Waals surface area contributed by atoms with Gasteiger partial charge in [-0.05, 0) is 12.0 Å². The molecule has 0 unspecified atom stereocenters. The van der Waals surface area contributed by atoms with Crippen molar-refractivity contribution in [3.63, 3.8) is 0 Å². The van der Waals surface area contributed by atoms with Crippen molar-refractivity contribution in [2.45, 2.75) is 20.3 Å². The van der Waals surface area contributed by atoms with Crippen LogP contribution in [0.25, 0.3) is 0 Å². The molecule has 0 heterocycles. The first-order valence-corrected chi connectivity index (χ1v) is 3.46. The molecule has 3 heteroatoms. The van der Waals surface area contributed by atoms with Gasteiger partial charge >= 0.3 is 5.97 Å². The zero-order valence-electron chi connectivity index (χ0n) is 6.70. The van der Waals surface area contributed by atoms with Crippen LogP contribution in [0.1, 0.15) is 20.3 Å². The highest BCUT2D eigenvalue weighted by molar-refractivity contribution is 5.95. The number of carbonyl (C=O) groups is 2. The number of aliphatic carboxylic acids is 1. The van der Waals surface area contributed by atoms with Crippen LogP contribution in [0.15, 0.2) is 12.2 Å². The van der Waals surface area contributed by atoms with Crippen molar-refractivity contribution in [2.24, 2.45) is 5.92 Å². The summed E-state index contributed by atoms with van der Waals surface area (Å²) in [6, 6.07) is 0. The highest BCUT2D eigenvalue weighted by atomic mass is 16.4. The standard InChI is InChI=1S/C8H12O3/c1-6(2)5-7(9)3-4-8(10)11/h3-4,6H,5H2,1-2H3,(H,10,11)/b4-3-. The lowest BCUT2D eigenvalue weighted by Crippen LogP contribution is -1.99. The zero-order valence-corrected chi connectivity index (χ0v) is 6.70. The molecule has 0 aliphatic heterocycles. The average Bonchev–Trinajstić information content (AvgIpc) is 1.82. The van der Waals surface area contributed by atoms with E-state index in [9.17, 15) is 9.59 Å². The predicted octanol–water partition coefficient (Wildman–Crippen LogP) is 1.24. The number of rotatable bonds is 4. The van der Waals surface area contributed by atoms with E-state index in [-0.39, 0.29) is 11.7 Å². The van der Waals surface area contributed by atoms with Crippen LogP contribution in [0.4, 0.5) is 0 Å². The second kappa shape index (κ2) is 4.66. The zero-order chi connectivity index (χ0) is 8.85. The van der Waals surface area contributed by atoms with Gasteiger partial charge in [-0.2, -0.15) is 0 Å². The minimum Gasteiger partial charge on any atom is -0.478 e. The molecule has 0 saturated carbocycles. The molecule has 0 aromatic heterocycles. The maximum absolute atomic E-state index is 10.8. The van der Waals surface area contributed by atoms with Gasteiger partial charge in [0.25, 0.3) is 0 Å². The van der Waals surface area contributed by atoms with Gasteiger partial charge in [0.15, 0.2) is 5.78 Å². The lowest BCUT2D eigenvalue weighted by atomic mass is 10.1. The van der Waals surface area contributed by atoms with E-state index in [2.05, 4.69) is 0 Å². The van der Waals surface area contributed by atoms with E-state index >= 15 is 0 Å². The van der Waals surface area contributed by atoms with Gasteiger partial charge < -0.3 is 5.11 Å². The molecular weight excluding hydrogens is 144 g/mol. The third-order valence-corrected chi connectivity index (χ3v) is 1.02. The average molecular weight is 156 g/mol. The summed E-state index contributed by atoms with van der Waals surface area (Å²) in [6.07, 6.45) is 2.37. The van der Waals surface area contributed by atoms with Crippen molar-refractivity contribution in [3.8, 4) is 0 Å².